The minimum Gasteiger partial charge on any atom is -0.396 e. The molecule has 0 atom stereocenters. The summed E-state index contributed by atoms with van der Waals surface area (Å²) in [5.74, 6) is 0.502. The molecule has 0 radical (unpaired) electrons. The summed E-state index contributed by atoms with van der Waals surface area (Å²) >= 11 is 0. The number of rotatable bonds is 1. The molecule has 0 aromatic carbocycles. The van der Waals surface area contributed by atoms with E-state index in [4.69, 9.17) is 18.7 Å². The highest BCUT2D eigenvalue weighted by molar-refractivity contribution is 7.41. The predicted molar refractivity (Wildman–Crippen MR) is 59.4 cm³/mol. The van der Waals surface area contributed by atoms with Gasteiger partial charge in [-0.05, 0) is 11.8 Å². The molecule has 1 N–H and O–H groups in total. The van der Waals surface area contributed by atoms with E-state index in [9.17, 15) is 0 Å². The number of fused-ring (bicyclic) bond motifs is 3. The third kappa shape index (κ3) is 5.79. The van der Waals surface area contributed by atoms with Crippen LogP contribution in [0.3, 0.4) is 0 Å². The molecule has 0 aliphatic carbocycles. The van der Waals surface area contributed by atoms with Gasteiger partial charge in [0.15, 0.2) is 0 Å². The van der Waals surface area contributed by atoms with Crippen LogP contribution in [-0.4, -0.2) is 31.5 Å². The summed E-state index contributed by atoms with van der Waals surface area (Å²) in [4.78, 5) is 0. The topological polar surface area (TPSA) is 47.9 Å². The Kier molecular flexibility index (Phi) is 5.44. The van der Waals surface area contributed by atoms with Crippen molar-refractivity contribution in [3.63, 3.8) is 0 Å². The smallest absolute Gasteiger partial charge is 0.332 e. The van der Waals surface area contributed by atoms with Gasteiger partial charge >= 0.3 is 8.60 Å². The summed E-state index contributed by atoms with van der Waals surface area (Å²) in [6, 6.07) is 0. The molecular formula is C10H21O4P. The largest absolute Gasteiger partial charge is 0.396 e. The first-order valence-corrected chi connectivity index (χ1v) is 6.40. The van der Waals surface area contributed by atoms with Crippen LogP contribution in [0.4, 0.5) is 0 Å². The number of hydrogen-bond acceptors (Lipinski definition) is 4. The molecule has 0 saturated carbocycles. The third-order valence-corrected chi connectivity index (χ3v) is 3.19. The van der Waals surface area contributed by atoms with Gasteiger partial charge in [-0.3, -0.25) is 0 Å². The molecule has 0 spiro atoms. The van der Waals surface area contributed by atoms with E-state index in [1.165, 1.54) is 0 Å². The van der Waals surface area contributed by atoms with Crippen LogP contribution >= 0.6 is 8.60 Å². The van der Waals surface area contributed by atoms with E-state index in [1.54, 1.807) is 0 Å². The predicted octanol–water partition coefficient (Wildman–Crippen LogP) is 2.32. The van der Waals surface area contributed by atoms with Crippen molar-refractivity contribution >= 4 is 8.60 Å². The number of aliphatic hydroxyl groups is 1. The zero-order valence-electron chi connectivity index (χ0n) is 9.73. The fraction of sp³-hybridized carbons (Fsp3) is 1.00. The first-order valence-electron chi connectivity index (χ1n) is 5.31. The van der Waals surface area contributed by atoms with Crippen molar-refractivity contribution in [2.75, 3.05) is 26.4 Å². The molecule has 15 heavy (non-hydrogen) atoms. The first-order chi connectivity index (χ1) is 7.01. The summed E-state index contributed by atoms with van der Waals surface area (Å²) < 4.78 is 15.3. The van der Waals surface area contributed by atoms with Gasteiger partial charge in [0, 0.05) is 12.5 Å². The zero-order chi connectivity index (χ0) is 11.3. The molecule has 0 unspecified atom stereocenters. The second kappa shape index (κ2) is 6.12. The maximum atomic E-state index is 8.40. The van der Waals surface area contributed by atoms with Gasteiger partial charge in [-0.25, -0.2) is 0 Å². The lowest BCUT2D eigenvalue weighted by Gasteiger charge is -2.33. The molecule has 3 aliphatic heterocycles. The van der Waals surface area contributed by atoms with Crippen LogP contribution in [0.25, 0.3) is 0 Å². The molecule has 3 saturated heterocycles. The average Bonchev–Trinajstić information content (AvgIpc) is 2.20. The third-order valence-electron chi connectivity index (χ3n) is 2.11. The molecule has 4 nitrogen and oxygen atoms in total. The van der Waals surface area contributed by atoms with Crippen molar-refractivity contribution in [1.82, 2.24) is 0 Å². The minimum absolute atomic E-state index is 0.300. The highest BCUT2D eigenvalue weighted by atomic mass is 31.2. The Bertz CT molecular complexity index is 150. The second-order valence-corrected chi connectivity index (χ2v) is 6.23. The SMILES string of the molecule is C1OP2OCC1CO2.CC(C)(C)CCO. The van der Waals surface area contributed by atoms with Crippen molar-refractivity contribution in [3.8, 4) is 0 Å². The molecule has 3 rings (SSSR count). The lowest BCUT2D eigenvalue weighted by Crippen LogP contribution is -2.29. The van der Waals surface area contributed by atoms with E-state index in [2.05, 4.69) is 20.8 Å². The van der Waals surface area contributed by atoms with Gasteiger partial charge in [0.25, 0.3) is 0 Å². The molecule has 5 heteroatoms. The van der Waals surface area contributed by atoms with Crippen LogP contribution in [0.5, 0.6) is 0 Å². The van der Waals surface area contributed by atoms with Gasteiger partial charge in [-0.1, -0.05) is 20.8 Å². The second-order valence-electron chi connectivity index (χ2n) is 5.01. The molecule has 0 aromatic heterocycles. The summed E-state index contributed by atoms with van der Waals surface area (Å²) in [7, 11) is -0.904. The highest BCUT2D eigenvalue weighted by Gasteiger charge is 2.31. The molecule has 2 bridgehead atoms. The fourth-order valence-corrected chi connectivity index (χ4v) is 2.31. The maximum Gasteiger partial charge on any atom is 0.332 e. The first kappa shape index (κ1) is 13.3. The van der Waals surface area contributed by atoms with Crippen molar-refractivity contribution in [2.45, 2.75) is 27.2 Å². The van der Waals surface area contributed by atoms with Crippen molar-refractivity contribution in [1.29, 1.82) is 0 Å². The Morgan fingerprint density at radius 1 is 1.13 bits per heavy atom. The van der Waals surface area contributed by atoms with Crippen LogP contribution < -0.4 is 0 Å². The molecular weight excluding hydrogens is 215 g/mol. The van der Waals surface area contributed by atoms with E-state index >= 15 is 0 Å². The monoisotopic (exact) mass is 236 g/mol. The summed E-state index contributed by atoms with van der Waals surface area (Å²) in [6.45, 7) is 9.17. The fourth-order valence-electron chi connectivity index (χ4n) is 1.09. The van der Waals surface area contributed by atoms with Gasteiger partial charge in [0.05, 0.1) is 19.8 Å². The maximum absolute atomic E-state index is 8.40. The normalized spacial score (nSPS) is 29.6. The standard InChI is InChI=1S/C6H14O.C4H7O3P/c1-6(2,3)4-5-7;1-4-2-6-8(5-1)7-3-4/h7H,4-5H2,1-3H3;4H,1-3H2. The lowest BCUT2D eigenvalue weighted by molar-refractivity contribution is -0.00248. The van der Waals surface area contributed by atoms with Crippen molar-refractivity contribution in [3.05, 3.63) is 0 Å². The quantitative estimate of drug-likeness (QED) is 0.710. The van der Waals surface area contributed by atoms with Crippen molar-refractivity contribution < 1.29 is 18.7 Å². The minimum atomic E-state index is -0.904. The van der Waals surface area contributed by atoms with Gasteiger partial charge in [0.2, 0.25) is 0 Å². The highest BCUT2D eigenvalue weighted by Crippen LogP contribution is 2.48. The molecule has 0 aromatic rings. The summed E-state index contributed by atoms with van der Waals surface area (Å²) in [5.41, 5.74) is 0.300. The Hall–Kier alpha value is 0.270. The number of hydrogen-bond donors (Lipinski definition) is 1. The van der Waals surface area contributed by atoms with Crippen LogP contribution in [0.15, 0.2) is 0 Å². The van der Waals surface area contributed by atoms with E-state index in [0.29, 0.717) is 17.9 Å². The number of aliphatic hydroxyl groups excluding tert-OH is 1. The van der Waals surface area contributed by atoms with E-state index in [0.717, 1.165) is 26.2 Å². The average molecular weight is 236 g/mol. The van der Waals surface area contributed by atoms with Gasteiger partial charge in [-0.2, -0.15) is 0 Å². The van der Waals surface area contributed by atoms with Gasteiger partial charge in [-0.15, -0.1) is 0 Å². The molecule has 0 amide bonds. The summed E-state index contributed by atoms with van der Waals surface area (Å²) in [6.07, 6.45) is 0.896. The van der Waals surface area contributed by atoms with E-state index in [1.807, 2.05) is 0 Å². The van der Waals surface area contributed by atoms with Gasteiger partial charge < -0.3 is 18.7 Å². The summed E-state index contributed by atoms with van der Waals surface area (Å²) in [5, 5.41) is 8.40. The zero-order valence-corrected chi connectivity index (χ0v) is 10.6. The Morgan fingerprint density at radius 3 is 1.67 bits per heavy atom. The van der Waals surface area contributed by atoms with Crippen LogP contribution in [-0.2, 0) is 13.6 Å². The molecule has 3 aliphatic rings. The van der Waals surface area contributed by atoms with Crippen LogP contribution in [0, 0.1) is 11.3 Å². The van der Waals surface area contributed by atoms with Crippen molar-refractivity contribution in [2.24, 2.45) is 11.3 Å². The Balaban J connectivity index is 0.000000153. The Labute approximate surface area is 92.9 Å². The Morgan fingerprint density at radius 2 is 1.60 bits per heavy atom. The molecule has 3 heterocycles. The van der Waals surface area contributed by atoms with E-state index in [-0.39, 0.29) is 0 Å². The van der Waals surface area contributed by atoms with E-state index < -0.39 is 8.60 Å². The molecule has 90 valence electrons. The van der Waals surface area contributed by atoms with Crippen LogP contribution in [0.1, 0.15) is 27.2 Å². The van der Waals surface area contributed by atoms with Crippen LogP contribution in [0.2, 0.25) is 0 Å². The molecule has 3 fully saturated rings. The lowest BCUT2D eigenvalue weighted by atomic mass is 9.93. The van der Waals surface area contributed by atoms with Gasteiger partial charge in [0.1, 0.15) is 0 Å².